The zero-order valence-corrected chi connectivity index (χ0v) is 12.9. The molecule has 1 heterocycles. The van der Waals surface area contributed by atoms with Gasteiger partial charge in [-0.3, -0.25) is 0 Å². The molecule has 1 aliphatic heterocycles. The number of piperidine rings is 1. The van der Waals surface area contributed by atoms with Gasteiger partial charge in [-0.1, -0.05) is 48.7 Å². The van der Waals surface area contributed by atoms with Crippen LogP contribution in [0.5, 0.6) is 0 Å². The van der Waals surface area contributed by atoms with Crippen LogP contribution in [0.2, 0.25) is 10.0 Å². The Labute approximate surface area is 125 Å². The first kappa shape index (κ1) is 15.1. The van der Waals surface area contributed by atoms with Crippen molar-refractivity contribution in [3.8, 4) is 0 Å². The minimum absolute atomic E-state index is 0.270. The fourth-order valence-corrected chi connectivity index (χ4v) is 3.61. The lowest BCUT2D eigenvalue weighted by Gasteiger charge is -2.40. The van der Waals surface area contributed by atoms with Crippen molar-refractivity contribution in [2.24, 2.45) is 5.73 Å². The Morgan fingerprint density at radius 2 is 2.16 bits per heavy atom. The molecular formula is C15H22Cl2N2. The fourth-order valence-electron chi connectivity index (χ4n) is 3.16. The van der Waals surface area contributed by atoms with Crippen molar-refractivity contribution in [1.29, 1.82) is 0 Å². The van der Waals surface area contributed by atoms with E-state index in [9.17, 15) is 0 Å². The van der Waals surface area contributed by atoms with Gasteiger partial charge in [0.15, 0.2) is 0 Å². The number of likely N-dealkylation sites (N-methyl/N-ethyl adjacent to an activating group) is 1. The number of halogens is 2. The average molecular weight is 301 g/mol. The van der Waals surface area contributed by atoms with Crippen LogP contribution >= 0.6 is 23.2 Å². The van der Waals surface area contributed by atoms with Crippen molar-refractivity contribution in [1.82, 2.24) is 4.90 Å². The van der Waals surface area contributed by atoms with Crippen LogP contribution in [0.4, 0.5) is 0 Å². The molecule has 0 aromatic heterocycles. The van der Waals surface area contributed by atoms with Crippen molar-refractivity contribution >= 4 is 23.2 Å². The van der Waals surface area contributed by atoms with Crippen molar-refractivity contribution in [2.45, 2.75) is 38.1 Å². The molecule has 2 atom stereocenters. The summed E-state index contributed by atoms with van der Waals surface area (Å²) in [4.78, 5) is 2.53. The minimum atomic E-state index is 0.270. The molecule has 1 saturated heterocycles. The highest BCUT2D eigenvalue weighted by Crippen LogP contribution is 2.36. The van der Waals surface area contributed by atoms with Crippen molar-refractivity contribution in [2.75, 3.05) is 19.6 Å². The molecule has 1 aromatic carbocycles. The predicted molar refractivity (Wildman–Crippen MR) is 83.1 cm³/mol. The third-order valence-corrected chi connectivity index (χ3v) is 5.00. The van der Waals surface area contributed by atoms with Crippen LogP contribution in [0.1, 0.15) is 37.7 Å². The molecule has 106 valence electrons. The second kappa shape index (κ2) is 6.94. The molecule has 1 fully saturated rings. The Bertz CT molecular complexity index is 423. The van der Waals surface area contributed by atoms with E-state index in [1.807, 2.05) is 12.1 Å². The largest absolute Gasteiger partial charge is 0.330 e. The molecule has 2 nitrogen and oxygen atoms in total. The highest BCUT2D eigenvalue weighted by atomic mass is 35.5. The number of rotatable bonds is 4. The Morgan fingerprint density at radius 3 is 2.84 bits per heavy atom. The average Bonchev–Trinajstić information content (AvgIpc) is 2.45. The summed E-state index contributed by atoms with van der Waals surface area (Å²) >= 11 is 12.5. The summed E-state index contributed by atoms with van der Waals surface area (Å²) < 4.78 is 0. The van der Waals surface area contributed by atoms with E-state index in [1.165, 1.54) is 19.3 Å². The molecule has 1 aliphatic rings. The molecule has 4 heteroatoms. The first-order valence-corrected chi connectivity index (χ1v) is 7.82. The van der Waals surface area contributed by atoms with Crippen molar-refractivity contribution in [3.63, 3.8) is 0 Å². The Morgan fingerprint density at radius 1 is 1.37 bits per heavy atom. The minimum Gasteiger partial charge on any atom is -0.330 e. The third kappa shape index (κ3) is 3.25. The van der Waals surface area contributed by atoms with E-state index in [-0.39, 0.29) is 5.92 Å². The van der Waals surface area contributed by atoms with Crippen LogP contribution in [0.15, 0.2) is 18.2 Å². The Kier molecular flexibility index (Phi) is 5.52. The molecule has 0 amide bonds. The standard InChI is InChI=1S/C15H22Cl2N2/c1-2-19-9-4-3-8-14(19)12(10-18)11-6-5-7-13(16)15(11)17/h5-7,12,14H,2-4,8-10,18H2,1H3. The zero-order chi connectivity index (χ0) is 13.8. The SMILES string of the molecule is CCN1CCCCC1C(CN)c1cccc(Cl)c1Cl. The fraction of sp³-hybridized carbons (Fsp3) is 0.600. The van der Waals surface area contributed by atoms with Gasteiger partial charge in [-0.25, -0.2) is 0 Å². The van der Waals surface area contributed by atoms with E-state index >= 15 is 0 Å². The van der Waals surface area contributed by atoms with Gasteiger partial charge in [-0.05, 0) is 37.6 Å². The van der Waals surface area contributed by atoms with Gasteiger partial charge in [0, 0.05) is 18.5 Å². The van der Waals surface area contributed by atoms with Gasteiger partial charge in [0.25, 0.3) is 0 Å². The quantitative estimate of drug-likeness (QED) is 0.913. The normalized spacial score (nSPS) is 22.4. The summed E-state index contributed by atoms with van der Waals surface area (Å²) in [6.07, 6.45) is 3.75. The second-order valence-electron chi connectivity index (χ2n) is 5.18. The van der Waals surface area contributed by atoms with Gasteiger partial charge in [0.05, 0.1) is 10.0 Å². The van der Waals surface area contributed by atoms with Gasteiger partial charge >= 0.3 is 0 Å². The third-order valence-electron chi connectivity index (χ3n) is 4.17. The number of nitrogens with two attached hydrogens (primary N) is 1. The molecule has 0 saturated carbocycles. The maximum Gasteiger partial charge on any atom is 0.0628 e. The number of hydrogen-bond acceptors (Lipinski definition) is 2. The van der Waals surface area contributed by atoms with Crippen LogP contribution in [0.3, 0.4) is 0 Å². The number of hydrogen-bond donors (Lipinski definition) is 1. The molecule has 0 bridgehead atoms. The molecule has 19 heavy (non-hydrogen) atoms. The van der Waals surface area contributed by atoms with Crippen LogP contribution in [-0.4, -0.2) is 30.6 Å². The smallest absolute Gasteiger partial charge is 0.0628 e. The van der Waals surface area contributed by atoms with E-state index in [0.717, 1.165) is 18.7 Å². The molecular weight excluding hydrogens is 279 g/mol. The van der Waals surface area contributed by atoms with E-state index in [1.54, 1.807) is 0 Å². The highest BCUT2D eigenvalue weighted by molar-refractivity contribution is 6.42. The molecule has 2 N–H and O–H groups in total. The monoisotopic (exact) mass is 300 g/mol. The zero-order valence-electron chi connectivity index (χ0n) is 11.4. The Balaban J connectivity index is 2.30. The lowest BCUT2D eigenvalue weighted by molar-refractivity contribution is 0.134. The number of likely N-dealkylation sites (tertiary alicyclic amines) is 1. The lowest BCUT2D eigenvalue weighted by atomic mass is 9.85. The lowest BCUT2D eigenvalue weighted by Crippen LogP contribution is -2.45. The van der Waals surface area contributed by atoms with E-state index in [4.69, 9.17) is 28.9 Å². The summed E-state index contributed by atoms with van der Waals surface area (Å²) in [7, 11) is 0. The van der Waals surface area contributed by atoms with Crippen LogP contribution in [-0.2, 0) is 0 Å². The highest BCUT2D eigenvalue weighted by Gasteiger charge is 2.30. The topological polar surface area (TPSA) is 29.3 Å². The van der Waals surface area contributed by atoms with Gasteiger partial charge < -0.3 is 10.6 Å². The van der Waals surface area contributed by atoms with Crippen LogP contribution in [0, 0.1) is 0 Å². The predicted octanol–water partition coefficient (Wildman–Crippen LogP) is 3.91. The van der Waals surface area contributed by atoms with Gasteiger partial charge in [0.2, 0.25) is 0 Å². The second-order valence-corrected chi connectivity index (χ2v) is 5.96. The van der Waals surface area contributed by atoms with Gasteiger partial charge in [-0.2, -0.15) is 0 Å². The van der Waals surface area contributed by atoms with E-state index < -0.39 is 0 Å². The molecule has 0 spiro atoms. The maximum atomic E-state index is 6.37. The first-order valence-electron chi connectivity index (χ1n) is 7.07. The summed E-state index contributed by atoms with van der Waals surface area (Å²) in [6, 6.07) is 6.35. The summed E-state index contributed by atoms with van der Waals surface area (Å²) in [5, 5.41) is 1.29. The molecule has 0 aliphatic carbocycles. The van der Waals surface area contributed by atoms with E-state index in [2.05, 4.69) is 17.9 Å². The first-order chi connectivity index (χ1) is 9.19. The van der Waals surface area contributed by atoms with Crippen molar-refractivity contribution < 1.29 is 0 Å². The summed E-state index contributed by atoms with van der Waals surface area (Å²) in [6.45, 7) is 5.06. The van der Waals surface area contributed by atoms with Gasteiger partial charge in [0.1, 0.15) is 0 Å². The molecule has 0 radical (unpaired) electrons. The van der Waals surface area contributed by atoms with Crippen LogP contribution < -0.4 is 5.73 Å². The molecule has 1 aromatic rings. The Hall–Kier alpha value is -0.280. The molecule has 2 rings (SSSR count). The van der Waals surface area contributed by atoms with Crippen molar-refractivity contribution in [3.05, 3.63) is 33.8 Å². The maximum absolute atomic E-state index is 6.37. The number of nitrogens with zero attached hydrogens (tertiary/aromatic N) is 1. The summed E-state index contributed by atoms with van der Waals surface area (Å²) in [5.74, 6) is 0.270. The molecule has 2 unspecified atom stereocenters. The van der Waals surface area contributed by atoms with E-state index in [0.29, 0.717) is 22.6 Å². The number of benzene rings is 1. The summed E-state index contributed by atoms with van der Waals surface area (Å²) in [5.41, 5.74) is 7.14. The van der Waals surface area contributed by atoms with Crippen LogP contribution in [0.25, 0.3) is 0 Å². The van der Waals surface area contributed by atoms with Gasteiger partial charge in [-0.15, -0.1) is 0 Å².